The normalized spacial score (nSPS) is 22.3. The number of halogens is 1. The van der Waals surface area contributed by atoms with E-state index < -0.39 is 27.8 Å². The van der Waals surface area contributed by atoms with Gasteiger partial charge in [-0.1, -0.05) is 76.1 Å². The first-order chi connectivity index (χ1) is 17.0. The minimum atomic E-state index is -3.81. The average Bonchev–Trinajstić information content (AvgIpc) is 2.83. The standard InChI is InChI=1S/C29H34BrNO4S/c1-20-10-16-24(17-11-20)36(33,34)31-18-25(27(26(32)19-31)21-12-14-23(30)15-13-21)28(35-29(2,3)4)22-8-6-5-7-9-22/h5-17,25-28,32H,18-19H2,1-4H3/t25?,26-,27-,28+/m0/s1. The summed E-state index contributed by atoms with van der Waals surface area (Å²) in [7, 11) is -3.81. The number of benzene rings is 3. The summed E-state index contributed by atoms with van der Waals surface area (Å²) in [6.07, 6.45) is -1.33. The lowest BCUT2D eigenvalue weighted by molar-refractivity contribution is -0.112. The maximum Gasteiger partial charge on any atom is 0.243 e. The van der Waals surface area contributed by atoms with E-state index in [0.29, 0.717) is 0 Å². The number of rotatable bonds is 6. The van der Waals surface area contributed by atoms with Gasteiger partial charge in [0.2, 0.25) is 10.0 Å². The van der Waals surface area contributed by atoms with Crippen molar-refractivity contribution in [3.05, 3.63) is 100 Å². The number of β-amino-alcohol motifs (C(OH)–C–C–N with tert-alkyl or cyclic N) is 1. The minimum absolute atomic E-state index is 0.0183. The highest BCUT2D eigenvalue weighted by molar-refractivity contribution is 9.10. The van der Waals surface area contributed by atoms with Crippen molar-refractivity contribution in [2.24, 2.45) is 5.92 Å². The van der Waals surface area contributed by atoms with Crippen molar-refractivity contribution in [1.82, 2.24) is 4.31 Å². The van der Waals surface area contributed by atoms with E-state index in [9.17, 15) is 13.5 Å². The second-order valence-electron chi connectivity index (χ2n) is 10.5. The molecule has 1 unspecified atom stereocenters. The molecule has 0 saturated carbocycles. The summed E-state index contributed by atoms with van der Waals surface area (Å²) in [5, 5.41) is 11.5. The van der Waals surface area contributed by atoms with Crippen LogP contribution in [0.1, 0.15) is 49.5 Å². The third-order valence-corrected chi connectivity index (χ3v) is 8.97. The fourth-order valence-corrected chi connectivity index (χ4v) is 6.71. The number of nitrogens with zero attached hydrogens (tertiary/aromatic N) is 1. The molecular formula is C29H34BrNO4S. The van der Waals surface area contributed by atoms with Crippen molar-refractivity contribution in [1.29, 1.82) is 0 Å². The molecule has 7 heteroatoms. The number of hydrogen-bond donors (Lipinski definition) is 1. The lowest BCUT2D eigenvalue weighted by Gasteiger charge is -2.46. The van der Waals surface area contributed by atoms with Gasteiger partial charge in [0.25, 0.3) is 0 Å². The minimum Gasteiger partial charge on any atom is -0.391 e. The maximum absolute atomic E-state index is 13.7. The van der Waals surface area contributed by atoms with Crippen LogP contribution in [0.3, 0.4) is 0 Å². The molecule has 36 heavy (non-hydrogen) atoms. The quantitative estimate of drug-likeness (QED) is 0.389. The lowest BCUT2D eigenvalue weighted by atomic mass is 9.74. The molecule has 0 radical (unpaired) electrons. The van der Waals surface area contributed by atoms with Crippen LogP contribution in [-0.4, -0.2) is 42.6 Å². The molecule has 1 saturated heterocycles. The van der Waals surface area contributed by atoms with Crippen LogP contribution in [0.25, 0.3) is 0 Å². The third-order valence-electron chi connectivity index (χ3n) is 6.59. The molecule has 192 valence electrons. The van der Waals surface area contributed by atoms with Crippen LogP contribution < -0.4 is 0 Å². The summed E-state index contributed by atoms with van der Waals surface area (Å²) < 4.78 is 36.4. The molecule has 1 aliphatic rings. The van der Waals surface area contributed by atoms with Crippen molar-refractivity contribution >= 4 is 26.0 Å². The van der Waals surface area contributed by atoms with Gasteiger partial charge in [-0.25, -0.2) is 8.42 Å². The first kappa shape index (κ1) is 27.0. The Morgan fingerprint density at radius 2 is 1.56 bits per heavy atom. The van der Waals surface area contributed by atoms with Gasteiger partial charge >= 0.3 is 0 Å². The predicted octanol–water partition coefficient (Wildman–Crippen LogP) is 6.08. The summed E-state index contributed by atoms with van der Waals surface area (Å²) >= 11 is 3.50. The number of hydrogen-bond acceptors (Lipinski definition) is 4. The Kier molecular flexibility index (Phi) is 8.07. The second kappa shape index (κ2) is 10.8. The Bertz CT molecular complexity index is 1260. The fraction of sp³-hybridized carbons (Fsp3) is 0.379. The summed E-state index contributed by atoms with van der Waals surface area (Å²) in [5.74, 6) is -0.633. The molecule has 0 aromatic heterocycles. The van der Waals surface area contributed by atoms with Gasteiger partial charge in [-0.2, -0.15) is 4.31 Å². The van der Waals surface area contributed by atoms with Crippen LogP contribution in [0.5, 0.6) is 0 Å². The highest BCUT2D eigenvalue weighted by atomic mass is 79.9. The van der Waals surface area contributed by atoms with Crippen LogP contribution in [0.15, 0.2) is 88.2 Å². The van der Waals surface area contributed by atoms with Crippen LogP contribution in [0.2, 0.25) is 0 Å². The molecule has 3 aromatic rings. The summed E-state index contributed by atoms with van der Waals surface area (Å²) in [6, 6.07) is 24.6. The largest absolute Gasteiger partial charge is 0.391 e. The zero-order valence-corrected chi connectivity index (χ0v) is 23.5. The molecule has 1 aliphatic heterocycles. The molecular weight excluding hydrogens is 538 g/mol. The Morgan fingerprint density at radius 1 is 0.944 bits per heavy atom. The van der Waals surface area contributed by atoms with Gasteiger partial charge in [-0.05, 0) is 63.1 Å². The van der Waals surface area contributed by atoms with Gasteiger partial charge < -0.3 is 9.84 Å². The van der Waals surface area contributed by atoms with Crippen molar-refractivity contribution in [2.45, 2.75) is 56.3 Å². The van der Waals surface area contributed by atoms with Crippen LogP contribution in [0, 0.1) is 12.8 Å². The highest BCUT2D eigenvalue weighted by Gasteiger charge is 2.46. The van der Waals surface area contributed by atoms with E-state index in [1.165, 1.54) is 4.31 Å². The van der Waals surface area contributed by atoms with Gasteiger partial charge in [0, 0.05) is 29.4 Å². The Labute approximate surface area is 223 Å². The Balaban J connectivity index is 1.81. The third kappa shape index (κ3) is 6.09. The second-order valence-corrected chi connectivity index (χ2v) is 13.4. The van der Waals surface area contributed by atoms with Crippen molar-refractivity contribution in [2.75, 3.05) is 13.1 Å². The number of ether oxygens (including phenoxy) is 1. The number of sulfonamides is 1. The Hall–Kier alpha value is -2.03. The van der Waals surface area contributed by atoms with Crippen LogP contribution in [-0.2, 0) is 14.8 Å². The van der Waals surface area contributed by atoms with Gasteiger partial charge in [0.15, 0.2) is 0 Å². The summed E-state index contributed by atoms with van der Waals surface area (Å²) in [6.45, 7) is 8.16. The summed E-state index contributed by atoms with van der Waals surface area (Å²) in [4.78, 5) is 0.231. The molecule has 4 atom stereocenters. The van der Waals surface area contributed by atoms with E-state index in [1.807, 2.05) is 82.3 Å². The highest BCUT2D eigenvalue weighted by Crippen LogP contribution is 2.45. The van der Waals surface area contributed by atoms with E-state index in [2.05, 4.69) is 15.9 Å². The maximum atomic E-state index is 13.7. The SMILES string of the molecule is Cc1ccc(S(=O)(=O)N2CC([C@H](OC(C)(C)C)c3ccccc3)[C@H](c3ccc(Br)cc3)[C@@H](O)C2)cc1. The topological polar surface area (TPSA) is 66.8 Å². The zero-order valence-electron chi connectivity index (χ0n) is 21.1. The molecule has 1 heterocycles. The Morgan fingerprint density at radius 3 is 2.14 bits per heavy atom. The fourth-order valence-electron chi connectivity index (χ4n) is 4.95. The van der Waals surface area contributed by atoms with Gasteiger partial charge in [0.05, 0.1) is 22.7 Å². The average molecular weight is 573 g/mol. The monoisotopic (exact) mass is 571 g/mol. The van der Waals surface area contributed by atoms with E-state index in [-0.39, 0.29) is 29.8 Å². The van der Waals surface area contributed by atoms with E-state index in [0.717, 1.165) is 21.2 Å². The molecule has 0 amide bonds. The molecule has 0 spiro atoms. The first-order valence-electron chi connectivity index (χ1n) is 12.2. The van der Waals surface area contributed by atoms with E-state index >= 15 is 0 Å². The smallest absolute Gasteiger partial charge is 0.243 e. The van der Waals surface area contributed by atoms with Crippen molar-refractivity contribution in [3.8, 4) is 0 Å². The van der Waals surface area contributed by atoms with E-state index in [1.54, 1.807) is 24.3 Å². The zero-order chi connectivity index (χ0) is 26.1. The van der Waals surface area contributed by atoms with Gasteiger partial charge in [0.1, 0.15) is 0 Å². The summed E-state index contributed by atoms with van der Waals surface area (Å²) in [5.41, 5.74) is 2.43. The van der Waals surface area contributed by atoms with Gasteiger partial charge in [-0.15, -0.1) is 0 Å². The van der Waals surface area contributed by atoms with Crippen molar-refractivity contribution in [3.63, 3.8) is 0 Å². The van der Waals surface area contributed by atoms with Gasteiger partial charge in [-0.3, -0.25) is 0 Å². The van der Waals surface area contributed by atoms with E-state index in [4.69, 9.17) is 4.74 Å². The molecule has 0 aliphatic carbocycles. The molecule has 4 rings (SSSR count). The first-order valence-corrected chi connectivity index (χ1v) is 14.4. The lowest BCUT2D eigenvalue weighted by Crippen LogP contribution is -2.52. The van der Waals surface area contributed by atoms with Crippen LogP contribution >= 0.6 is 15.9 Å². The van der Waals surface area contributed by atoms with Crippen molar-refractivity contribution < 1.29 is 18.3 Å². The predicted molar refractivity (Wildman–Crippen MR) is 146 cm³/mol. The molecule has 1 N–H and O–H groups in total. The molecule has 1 fully saturated rings. The number of aliphatic hydroxyl groups is 1. The number of piperidine rings is 1. The number of aryl methyl sites for hydroxylation is 1. The number of aliphatic hydroxyl groups excluding tert-OH is 1. The van der Waals surface area contributed by atoms with Crippen LogP contribution in [0.4, 0.5) is 0 Å². The molecule has 0 bridgehead atoms. The molecule has 5 nitrogen and oxygen atoms in total. The molecule has 3 aromatic carbocycles.